The number of hydrogen-bond acceptors (Lipinski definition) is 4. The van der Waals surface area contributed by atoms with E-state index < -0.39 is 4.33 Å². The maximum atomic E-state index is 6.06. The second-order valence-electron chi connectivity index (χ2n) is 5.30. The number of fused-ring (bicyclic) bond motifs is 3. The lowest BCUT2D eigenvalue weighted by Crippen LogP contribution is -2.09. The van der Waals surface area contributed by atoms with E-state index in [0.717, 1.165) is 30.0 Å². The zero-order valence-electron chi connectivity index (χ0n) is 10.2. The largest absolute Gasteiger partial charge is 0.369 e. The van der Waals surface area contributed by atoms with Crippen molar-refractivity contribution in [3.8, 4) is 0 Å². The molecular formula is C13H13Cl2N3S. The lowest BCUT2D eigenvalue weighted by atomic mass is 10.2. The molecule has 2 aliphatic rings. The number of rotatable bonds is 3. The second-order valence-corrected chi connectivity index (χ2v) is 7.93. The van der Waals surface area contributed by atoms with Gasteiger partial charge >= 0.3 is 0 Å². The maximum Gasteiger partial charge on any atom is 0.138 e. The summed E-state index contributed by atoms with van der Waals surface area (Å²) in [6, 6.07) is 0. The molecule has 1 unspecified atom stereocenters. The number of hydrogen-bond donors (Lipinski definition) is 1. The van der Waals surface area contributed by atoms with Crippen molar-refractivity contribution in [1.82, 2.24) is 9.97 Å². The van der Waals surface area contributed by atoms with Crippen molar-refractivity contribution in [2.45, 2.75) is 30.0 Å². The highest BCUT2D eigenvalue weighted by Crippen LogP contribution is 2.53. The zero-order chi connectivity index (χ0) is 13.0. The first-order valence-corrected chi connectivity index (χ1v) is 8.09. The van der Waals surface area contributed by atoms with E-state index in [2.05, 4.69) is 15.3 Å². The molecule has 6 heteroatoms. The van der Waals surface area contributed by atoms with E-state index in [1.807, 2.05) is 0 Å². The molecule has 2 aromatic heterocycles. The topological polar surface area (TPSA) is 37.8 Å². The molecule has 1 atom stereocenters. The zero-order valence-corrected chi connectivity index (χ0v) is 12.6. The molecule has 0 radical (unpaired) electrons. The van der Waals surface area contributed by atoms with E-state index in [9.17, 15) is 0 Å². The van der Waals surface area contributed by atoms with Crippen LogP contribution in [0.5, 0.6) is 0 Å². The minimum atomic E-state index is -0.532. The van der Waals surface area contributed by atoms with Crippen LogP contribution >= 0.6 is 34.5 Å². The van der Waals surface area contributed by atoms with Crippen LogP contribution < -0.4 is 5.32 Å². The van der Waals surface area contributed by atoms with Gasteiger partial charge in [0.25, 0.3) is 0 Å². The molecule has 100 valence electrons. The van der Waals surface area contributed by atoms with Crippen LogP contribution in [0, 0.1) is 5.92 Å². The van der Waals surface area contributed by atoms with E-state index in [1.165, 1.54) is 28.7 Å². The molecule has 0 amide bonds. The van der Waals surface area contributed by atoms with Gasteiger partial charge in [-0.05, 0) is 31.2 Å². The fourth-order valence-corrected chi connectivity index (χ4v) is 4.53. The standard InChI is InChI=1S/C13H13Cl2N3S/c14-13(15)4-7(13)5-16-11-10-8-2-1-3-9(8)19-12(10)18-6-17-11/h6-7H,1-5H2,(H,16,17,18). The molecule has 4 rings (SSSR count). The molecule has 1 fully saturated rings. The molecule has 0 aliphatic heterocycles. The smallest absolute Gasteiger partial charge is 0.138 e. The van der Waals surface area contributed by atoms with Gasteiger partial charge in [-0.2, -0.15) is 0 Å². The van der Waals surface area contributed by atoms with Gasteiger partial charge in [-0.15, -0.1) is 34.5 Å². The number of nitrogens with zero attached hydrogens (tertiary/aromatic N) is 2. The molecule has 2 heterocycles. The van der Waals surface area contributed by atoms with Crippen LogP contribution in [0.3, 0.4) is 0 Å². The number of anilines is 1. The van der Waals surface area contributed by atoms with Crippen molar-refractivity contribution in [2.24, 2.45) is 5.92 Å². The number of nitrogens with one attached hydrogen (secondary N) is 1. The van der Waals surface area contributed by atoms with Crippen LogP contribution in [-0.4, -0.2) is 20.8 Å². The average Bonchev–Trinajstić information content (AvgIpc) is 2.76. The molecule has 0 spiro atoms. The quantitative estimate of drug-likeness (QED) is 0.876. The summed E-state index contributed by atoms with van der Waals surface area (Å²) in [7, 11) is 0. The third-order valence-corrected chi connectivity index (χ3v) is 6.10. The van der Waals surface area contributed by atoms with Crippen LogP contribution in [0.1, 0.15) is 23.3 Å². The summed E-state index contributed by atoms with van der Waals surface area (Å²) in [5.74, 6) is 1.27. The Bertz CT molecular complexity index is 653. The van der Waals surface area contributed by atoms with Gasteiger partial charge < -0.3 is 5.32 Å². The first-order chi connectivity index (χ1) is 9.15. The molecule has 3 nitrogen and oxygen atoms in total. The minimum absolute atomic E-state index is 0.326. The Labute approximate surface area is 125 Å². The van der Waals surface area contributed by atoms with Crippen LogP contribution in [-0.2, 0) is 12.8 Å². The number of alkyl halides is 2. The van der Waals surface area contributed by atoms with E-state index in [-0.39, 0.29) is 0 Å². The average molecular weight is 314 g/mol. The maximum absolute atomic E-state index is 6.06. The van der Waals surface area contributed by atoms with E-state index >= 15 is 0 Å². The van der Waals surface area contributed by atoms with E-state index in [1.54, 1.807) is 17.7 Å². The molecule has 0 bridgehead atoms. The SMILES string of the molecule is ClC1(Cl)CC1CNc1ncnc2sc3c(c12)CCC3. The molecule has 1 N–H and O–H groups in total. The summed E-state index contributed by atoms with van der Waals surface area (Å²) in [6.07, 6.45) is 6.08. The number of aromatic nitrogens is 2. The third-order valence-electron chi connectivity index (χ3n) is 3.97. The highest BCUT2D eigenvalue weighted by Gasteiger charge is 2.51. The van der Waals surface area contributed by atoms with Crippen molar-refractivity contribution in [3.63, 3.8) is 0 Å². The van der Waals surface area contributed by atoms with Gasteiger partial charge in [0.05, 0.1) is 5.39 Å². The molecule has 0 aromatic carbocycles. The Morgan fingerprint density at radius 1 is 1.37 bits per heavy atom. The third kappa shape index (κ3) is 2.01. The second kappa shape index (κ2) is 4.21. The number of halogens is 2. The highest BCUT2D eigenvalue weighted by atomic mass is 35.5. The summed E-state index contributed by atoms with van der Waals surface area (Å²) >= 11 is 13.9. The van der Waals surface area contributed by atoms with Crippen LogP contribution in [0.25, 0.3) is 10.2 Å². The van der Waals surface area contributed by atoms with Crippen molar-refractivity contribution in [2.75, 3.05) is 11.9 Å². The number of aryl methyl sites for hydroxylation is 2. The van der Waals surface area contributed by atoms with E-state index in [0.29, 0.717) is 5.92 Å². The molecule has 1 saturated carbocycles. The van der Waals surface area contributed by atoms with Crippen molar-refractivity contribution < 1.29 is 0 Å². The van der Waals surface area contributed by atoms with Gasteiger partial charge in [-0.3, -0.25) is 0 Å². The Morgan fingerprint density at radius 2 is 2.21 bits per heavy atom. The molecule has 19 heavy (non-hydrogen) atoms. The molecule has 2 aromatic rings. The normalized spacial score (nSPS) is 23.6. The lowest BCUT2D eigenvalue weighted by molar-refractivity contribution is 0.869. The monoisotopic (exact) mass is 313 g/mol. The Kier molecular flexibility index (Phi) is 2.70. The van der Waals surface area contributed by atoms with Crippen LogP contribution in [0.4, 0.5) is 5.82 Å². The van der Waals surface area contributed by atoms with Crippen molar-refractivity contribution >= 4 is 50.6 Å². The Morgan fingerprint density at radius 3 is 3.00 bits per heavy atom. The Hall–Kier alpha value is -0.580. The summed E-state index contributed by atoms with van der Waals surface area (Å²) in [6.45, 7) is 0.781. The molecule has 0 saturated heterocycles. The minimum Gasteiger partial charge on any atom is -0.369 e. The molecule has 2 aliphatic carbocycles. The van der Waals surface area contributed by atoms with Gasteiger partial charge in [0.2, 0.25) is 0 Å². The van der Waals surface area contributed by atoms with Gasteiger partial charge in [0, 0.05) is 17.3 Å². The lowest BCUT2D eigenvalue weighted by Gasteiger charge is -2.07. The van der Waals surface area contributed by atoms with Gasteiger partial charge in [-0.25, -0.2) is 9.97 Å². The van der Waals surface area contributed by atoms with Crippen molar-refractivity contribution in [1.29, 1.82) is 0 Å². The summed E-state index contributed by atoms with van der Waals surface area (Å²) < 4.78 is -0.532. The summed E-state index contributed by atoms with van der Waals surface area (Å²) in [5.41, 5.74) is 1.45. The van der Waals surface area contributed by atoms with Crippen LogP contribution in [0.15, 0.2) is 6.33 Å². The fraction of sp³-hybridized carbons (Fsp3) is 0.538. The first kappa shape index (κ1) is 12.2. The predicted molar refractivity (Wildman–Crippen MR) is 80.5 cm³/mol. The van der Waals surface area contributed by atoms with E-state index in [4.69, 9.17) is 23.2 Å². The predicted octanol–water partition coefficient (Wildman–Crippen LogP) is 3.79. The van der Waals surface area contributed by atoms with Crippen LogP contribution in [0.2, 0.25) is 0 Å². The first-order valence-electron chi connectivity index (χ1n) is 6.52. The Balaban J connectivity index is 1.66. The summed E-state index contributed by atoms with van der Waals surface area (Å²) in [5, 5.41) is 4.63. The fourth-order valence-electron chi connectivity index (χ4n) is 2.77. The van der Waals surface area contributed by atoms with Crippen molar-refractivity contribution in [3.05, 3.63) is 16.8 Å². The van der Waals surface area contributed by atoms with Gasteiger partial charge in [0.1, 0.15) is 21.3 Å². The van der Waals surface area contributed by atoms with Gasteiger partial charge in [0.15, 0.2) is 0 Å². The summed E-state index contributed by atoms with van der Waals surface area (Å²) in [4.78, 5) is 11.4. The van der Waals surface area contributed by atoms with Gasteiger partial charge in [-0.1, -0.05) is 0 Å². The highest BCUT2D eigenvalue weighted by molar-refractivity contribution is 7.19. The molecular weight excluding hydrogens is 301 g/mol. The number of thiophene rings is 1.